The third kappa shape index (κ3) is 5.46. The highest BCUT2D eigenvalue weighted by molar-refractivity contribution is 5.91. The number of hydrogen-bond acceptors (Lipinski definition) is 5. The van der Waals surface area contributed by atoms with Gasteiger partial charge in [0.05, 0.1) is 19.0 Å². The number of alkyl halides is 3. The van der Waals surface area contributed by atoms with Gasteiger partial charge in [-0.2, -0.15) is 13.2 Å². The maximum absolute atomic E-state index is 11.8. The molecular formula is C15H19F3N2O5. The van der Waals surface area contributed by atoms with Gasteiger partial charge in [-0.05, 0) is 25.0 Å². The van der Waals surface area contributed by atoms with E-state index in [0.29, 0.717) is 24.3 Å². The number of hydrogen-bond donors (Lipinski definition) is 3. The van der Waals surface area contributed by atoms with Crippen molar-refractivity contribution in [2.24, 2.45) is 5.92 Å². The van der Waals surface area contributed by atoms with E-state index in [1.165, 1.54) is 6.26 Å². The minimum atomic E-state index is -5.08. The number of morpholine rings is 1. The van der Waals surface area contributed by atoms with Crippen molar-refractivity contribution in [3.63, 3.8) is 0 Å². The number of rotatable bonds is 3. The summed E-state index contributed by atoms with van der Waals surface area (Å²) in [5.74, 6) is -2.13. The number of carboxylic acids is 1. The van der Waals surface area contributed by atoms with Crippen LogP contribution in [0.4, 0.5) is 13.2 Å². The van der Waals surface area contributed by atoms with E-state index in [0.717, 1.165) is 26.0 Å². The van der Waals surface area contributed by atoms with Crippen LogP contribution in [0.1, 0.15) is 23.4 Å². The quantitative estimate of drug-likeness (QED) is 0.750. The lowest BCUT2D eigenvalue weighted by Gasteiger charge is -2.30. The Bertz CT molecular complexity index is 576. The van der Waals surface area contributed by atoms with Gasteiger partial charge < -0.3 is 24.9 Å². The van der Waals surface area contributed by atoms with Crippen LogP contribution >= 0.6 is 0 Å². The zero-order valence-corrected chi connectivity index (χ0v) is 13.2. The first-order valence-corrected chi connectivity index (χ1v) is 7.76. The highest BCUT2D eigenvalue weighted by Gasteiger charge is 2.39. The maximum atomic E-state index is 11.8. The summed E-state index contributed by atoms with van der Waals surface area (Å²) in [4.78, 5) is 20.7. The molecule has 3 atom stereocenters. The fraction of sp³-hybridized carbons (Fsp3) is 0.600. The molecule has 1 aliphatic heterocycles. The summed E-state index contributed by atoms with van der Waals surface area (Å²) >= 11 is 0. The summed E-state index contributed by atoms with van der Waals surface area (Å²) in [6.45, 7) is 2.36. The van der Waals surface area contributed by atoms with Crippen molar-refractivity contribution in [2.45, 2.75) is 31.2 Å². The number of carbonyl (C=O) groups excluding carboxylic acids is 1. The summed E-state index contributed by atoms with van der Waals surface area (Å²) in [6, 6.07) is 3.85. The van der Waals surface area contributed by atoms with Crippen LogP contribution in [0.25, 0.3) is 0 Å². The van der Waals surface area contributed by atoms with Gasteiger partial charge in [0.2, 0.25) is 0 Å². The second-order valence-electron chi connectivity index (χ2n) is 5.72. The van der Waals surface area contributed by atoms with Gasteiger partial charge in [-0.1, -0.05) is 0 Å². The Hall–Kier alpha value is -2.07. The van der Waals surface area contributed by atoms with Gasteiger partial charge in [-0.3, -0.25) is 4.79 Å². The first-order valence-electron chi connectivity index (χ1n) is 7.76. The minimum absolute atomic E-state index is 0.146. The number of furan rings is 1. The molecule has 0 radical (unpaired) electrons. The van der Waals surface area contributed by atoms with Crippen LogP contribution in [0, 0.1) is 5.92 Å². The van der Waals surface area contributed by atoms with Crippen LogP contribution in [-0.4, -0.2) is 55.0 Å². The Morgan fingerprint density at radius 3 is 2.68 bits per heavy atom. The Morgan fingerprint density at radius 2 is 2.08 bits per heavy atom. The Morgan fingerprint density at radius 1 is 1.36 bits per heavy atom. The van der Waals surface area contributed by atoms with E-state index in [9.17, 15) is 18.0 Å². The molecule has 25 heavy (non-hydrogen) atoms. The average Bonchev–Trinajstić information content (AvgIpc) is 3.22. The summed E-state index contributed by atoms with van der Waals surface area (Å²) < 4.78 is 42.6. The molecule has 1 aliphatic carbocycles. The zero-order chi connectivity index (χ0) is 18.4. The normalized spacial score (nSPS) is 25.5. The third-order valence-corrected chi connectivity index (χ3v) is 4.04. The molecule has 3 unspecified atom stereocenters. The molecule has 1 saturated carbocycles. The predicted octanol–water partition coefficient (Wildman–Crippen LogP) is 1.41. The number of fused-ring (bicyclic) bond motifs is 1. The minimum Gasteiger partial charge on any atom is -0.475 e. The smallest absolute Gasteiger partial charge is 0.475 e. The number of carboxylic acid groups (broad SMARTS) is 1. The lowest BCUT2D eigenvalue weighted by Crippen LogP contribution is -2.48. The van der Waals surface area contributed by atoms with Gasteiger partial charge in [-0.25, -0.2) is 4.79 Å². The van der Waals surface area contributed by atoms with E-state index in [4.69, 9.17) is 19.1 Å². The van der Waals surface area contributed by atoms with Gasteiger partial charge in [0, 0.05) is 25.0 Å². The topological polar surface area (TPSA) is 101 Å². The van der Waals surface area contributed by atoms with Crippen LogP contribution in [0.2, 0.25) is 0 Å². The Kier molecular flexibility index (Phi) is 6.43. The lowest BCUT2D eigenvalue weighted by atomic mass is 10.0. The van der Waals surface area contributed by atoms with Crippen LogP contribution in [-0.2, 0) is 9.53 Å². The molecule has 1 amide bonds. The molecule has 1 aromatic heterocycles. The average molecular weight is 364 g/mol. The van der Waals surface area contributed by atoms with Crippen molar-refractivity contribution >= 4 is 11.9 Å². The molecule has 1 aromatic rings. The first-order chi connectivity index (χ1) is 11.8. The zero-order valence-electron chi connectivity index (χ0n) is 13.2. The standard InChI is InChI=1S/C13H18N2O3.C2HF3O2/c16-13(11-2-1-6-17-11)15-8-9-3-4-10-12(9)18-7-5-14-10;3-2(4,5)1(6)7/h1-2,6,9-10,12,14H,3-5,7-8H2,(H,15,16);(H,6,7). The van der Waals surface area contributed by atoms with Crippen molar-refractivity contribution in [3.05, 3.63) is 24.2 Å². The fourth-order valence-corrected chi connectivity index (χ4v) is 2.90. The third-order valence-electron chi connectivity index (χ3n) is 4.04. The monoisotopic (exact) mass is 364 g/mol. The van der Waals surface area contributed by atoms with E-state index in [2.05, 4.69) is 10.6 Å². The summed E-state index contributed by atoms with van der Waals surface area (Å²) in [6.07, 6.45) is -1.10. The molecule has 2 fully saturated rings. The van der Waals surface area contributed by atoms with Crippen LogP contribution in [0.3, 0.4) is 0 Å². The summed E-state index contributed by atoms with van der Waals surface area (Å²) in [5.41, 5.74) is 0. The first kappa shape index (κ1) is 19.3. The molecule has 0 bridgehead atoms. The van der Waals surface area contributed by atoms with Crippen molar-refractivity contribution in [2.75, 3.05) is 19.7 Å². The molecule has 0 spiro atoms. The van der Waals surface area contributed by atoms with E-state index in [-0.39, 0.29) is 12.0 Å². The molecular weight excluding hydrogens is 345 g/mol. The van der Waals surface area contributed by atoms with Crippen molar-refractivity contribution < 1.29 is 37.0 Å². The van der Waals surface area contributed by atoms with E-state index in [1.54, 1.807) is 12.1 Å². The SMILES string of the molecule is O=C(NCC1CCC2NCCOC12)c1ccco1.O=C(O)C(F)(F)F. The molecule has 10 heteroatoms. The van der Waals surface area contributed by atoms with Crippen molar-refractivity contribution in [3.8, 4) is 0 Å². The van der Waals surface area contributed by atoms with Gasteiger partial charge in [0.15, 0.2) is 5.76 Å². The van der Waals surface area contributed by atoms with E-state index >= 15 is 0 Å². The van der Waals surface area contributed by atoms with E-state index in [1.807, 2.05) is 0 Å². The van der Waals surface area contributed by atoms with Gasteiger partial charge in [0.1, 0.15) is 0 Å². The largest absolute Gasteiger partial charge is 0.490 e. The molecule has 2 aliphatic rings. The maximum Gasteiger partial charge on any atom is 0.490 e. The molecule has 3 rings (SSSR count). The molecule has 0 aromatic carbocycles. The van der Waals surface area contributed by atoms with Gasteiger partial charge in [-0.15, -0.1) is 0 Å². The molecule has 2 heterocycles. The predicted molar refractivity (Wildman–Crippen MR) is 79.0 cm³/mol. The summed E-state index contributed by atoms with van der Waals surface area (Å²) in [7, 11) is 0. The number of aliphatic carboxylic acids is 1. The Labute approximate surface area is 141 Å². The Balaban J connectivity index is 0.000000277. The lowest BCUT2D eigenvalue weighted by molar-refractivity contribution is -0.192. The van der Waals surface area contributed by atoms with E-state index < -0.39 is 12.1 Å². The molecule has 7 nitrogen and oxygen atoms in total. The molecule has 1 saturated heterocycles. The van der Waals surface area contributed by atoms with Crippen molar-refractivity contribution in [1.29, 1.82) is 0 Å². The van der Waals surface area contributed by atoms with Gasteiger partial charge in [0.25, 0.3) is 5.91 Å². The highest BCUT2D eigenvalue weighted by atomic mass is 19.4. The van der Waals surface area contributed by atoms with Crippen LogP contribution in [0.15, 0.2) is 22.8 Å². The second-order valence-corrected chi connectivity index (χ2v) is 5.72. The fourth-order valence-electron chi connectivity index (χ4n) is 2.90. The number of carbonyl (C=O) groups is 2. The van der Waals surface area contributed by atoms with Crippen LogP contribution < -0.4 is 10.6 Å². The van der Waals surface area contributed by atoms with Crippen LogP contribution in [0.5, 0.6) is 0 Å². The molecule has 140 valence electrons. The number of nitrogens with one attached hydrogen (secondary N) is 2. The highest BCUT2D eigenvalue weighted by Crippen LogP contribution is 2.30. The second kappa shape index (κ2) is 8.34. The summed E-state index contributed by atoms with van der Waals surface area (Å²) in [5, 5.41) is 13.5. The molecule has 3 N–H and O–H groups in total. The number of amides is 1. The number of halogens is 3. The van der Waals surface area contributed by atoms with Gasteiger partial charge >= 0.3 is 12.1 Å². The number of ether oxygens (including phenoxy) is 1. The van der Waals surface area contributed by atoms with Crippen molar-refractivity contribution in [1.82, 2.24) is 10.6 Å².